The number of primary amides is 1. The Labute approximate surface area is 102 Å². The van der Waals surface area contributed by atoms with Gasteiger partial charge in [-0.3, -0.25) is 14.9 Å². The molecular formula is C11H12FN3O3. The van der Waals surface area contributed by atoms with E-state index in [2.05, 4.69) is 0 Å². The standard InChI is InChI=1S/C11H12FN3O3/c12-8-2-1-3-9(10(8)15(17)18)14-5-4-7(6-14)11(13)16/h1-3,7H,4-6H2,(H2,13,16). The molecule has 1 amide bonds. The van der Waals surface area contributed by atoms with E-state index in [9.17, 15) is 19.3 Å². The molecule has 2 N–H and O–H groups in total. The molecule has 1 fully saturated rings. The van der Waals surface area contributed by atoms with E-state index in [1.807, 2.05) is 0 Å². The van der Waals surface area contributed by atoms with Crippen molar-refractivity contribution in [3.8, 4) is 0 Å². The SMILES string of the molecule is NC(=O)C1CCN(c2cccc(F)c2[N+](=O)[O-])C1. The van der Waals surface area contributed by atoms with E-state index in [-0.39, 0.29) is 11.6 Å². The van der Waals surface area contributed by atoms with Gasteiger partial charge in [-0.2, -0.15) is 4.39 Å². The van der Waals surface area contributed by atoms with Crippen molar-refractivity contribution in [2.24, 2.45) is 11.7 Å². The van der Waals surface area contributed by atoms with Gasteiger partial charge < -0.3 is 10.6 Å². The van der Waals surface area contributed by atoms with Gasteiger partial charge in [0.1, 0.15) is 5.69 Å². The molecule has 0 bridgehead atoms. The zero-order chi connectivity index (χ0) is 13.3. The number of nitrogens with two attached hydrogens (primary N) is 1. The van der Waals surface area contributed by atoms with Crippen LogP contribution in [0.5, 0.6) is 0 Å². The maximum Gasteiger partial charge on any atom is 0.327 e. The highest BCUT2D eigenvalue weighted by molar-refractivity contribution is 5.78. The van der Waals surface area contributed by atoms with Crippen molar-refractivity contribution < 1.29 is 14.1 Å². The summed E-state index contributed by atoms with van der Waals surface area (Å²) in [5, 5.41) is 10.9. The Hall–Kier alpha value is -2.18. The number of rotatable bonds is 3. The number of hydrogen-bond acceptors (Lipinski definition) is 4. The normalized spacial score (nSPS) is 18.9. The highest BCUT2D eigenvalue weighted by Gasteiger charge is 2.31. The molecule has 1 aliphatic rings. The zero-order valence-electron chi connectivity index (χ0n) is 9.51. The molecule has 96 valence electrons. The summed E-state index contributed by atoms with van der Waals surface area (Å²) in [6.45, 7) is 0.748. The number of anilines is 1. The number of amides is 1. The first-order chi connectivity index (χ1) is 8.50. The molecule has 1 heterocycles. The molecule has 1 unspecified atom stereocenters. The van der Waals surface area contributed by atoms with Gasteiger partial charge in [-0.1, -0.05) is 6.07 Å². The van der Waals surface area contributed by atoms with Crippen LogP contribution >= 0.6 is 0 Å². The molecule has 1 aromatic rings. The first-order valence-corrected chi connectivity index (χ1v) is 5.48. The van der Waals surface area contributed by atoms with Gasteiger partial charge in [0.25, 0.3) is 0 Å². The van der Waals surface area contributed by atoms with Crippen molar-refractivity contribution in [1.82, 2.24) is 0 Å². The molecule has 1 aliphatic heterocycles. The molecule has 1 aromatic carbocycles. The Balaban J connectivity index is 2.32. The van der Waals surface area contributed by atoms with E-state index in [0.29, 0.717) is 19.5 Å². The molecule has 18 heavy (non-hydrogen) atoms. The lowest BCUT2D eigenvalue weighted by Gasteiger charge is -2.18. The number of halogens is 1. The van der Waals surface area contributed by atoms with E-state index in [4.69, 9.17) is 5.73 Å². The van der Waals surface area contributed by atoms with Crippen LogP contribution in [-0.4, -0.2) is 23.9 Å². The minimum atomic E-state index is -0.875. The van der Waals surface area contributed by atoms with Crippen LogP contribution in [0, 0.1) is 21.8 Å². The number of carbonyl (C=O) groups is 1. The first-order valence-electron chi connectivity index (χ1n) is 5.48. The summed E-state index contributed by atoms with van der Waals surface area (Å²) in [7, 11) is 0. The van der Waals surface area contributed by atoms with Crippen LogP contribution in [0.2, 0.25) is 0 Å². The summed E-state index contributed by atoms with van der Waals surface area (Å²) >= 11 is 0. The lowest BCUT2D eigenvalue weighted by Crippen LogP contribution is -2.27. The number of para-hydroxylation sites is 1. The van der Waals surface area contributed by atoms with Gasteiger partial charge in [0, 0.05) is 13.1 Å². The van der Waals surface area contributed by atoms with Crippen molar-refractivity contribution in [2.45, 2.75) is 6.42 Å². The quantitative estimate of drug-likeness (QED) is 0.644. The molecule has 0 aromatic heterocycles. The van der Waals surface area contributed by atoms with Crippen LogP contribution < -0.4 is 10.6 Å². The number of benzene rings is 1. The maximum atomic E-state index is 13.5. The Kier molecular flexibility index (Phi) is 3.14. The van der Waals surface area contributed by atoms with Crippen LogP contribution in [-0.2, 0) is 4.79 Å². The minimum absolute atomic E-state index is 0.198. The van der Waals surface area contributed by atoms with Crippen molar-refractivity contribution in [3.05, 3.63) is 34.1 Å². The smallest absolute Gasteiger partial charge is 0.327 e. The van der Waals surface area contributed by atoms with E-state index < -0.39 is 22.3 Å². The number of hydrogen-bond donors (Lipinski definition) is 1. The Morgan fingerprint density at radius 2 is 2.28 bits per heavy atom. The van der Waals surface area contributed by atoms with E-state index in [1.54, 1.807) is 4.90 Å². The predicted octanol–water partition coefficient (Wildman–Crippen LogP) is 1.05. The molecule has 0 spiro atoms. The topological polar surface area (TPSA) is 89.5 Å². The molecule has 2 rings (SSSR count). The molecule has 1 atom stereocenters. The summed E-state index contributed by atoms with van der Waals surface area (Å²) in [5.74, 6) is -1.65. The third-order valence-corrected chi connectivity index (χ3v) is 3.08. The molecule has 1 saturated heterocycles. The second-order valence-corrected chi connectivity index (χ2v) is 4.20. The summed E-state index contributed by atoms with van der Waals surface area (Å²) in [5.41, 5.74) is 4.84. The monoisotopic (exact) mass is 253 g/mol. The number of nitrogens with zero attached hydrogens (tertiary/aromatic N) is 2. The van der Waals surface area contributed by atoms with E-state index >= 15 is 0 Å². The molecule has 7 heteroatoms. The molecule has 6 nitrogen and oxygen atoms in total. The van der Waals surface area contributed by atoms with Gasteiger partial charge in [-0.25, -0.2) is 0 Å². The lowest BCUT2D eigenvalue weighted by molar-refractivity contribution is -0.386. The summed E-state index contributed by atoms with van der Waals surface area (Å²) < 4.78 is 13.5. The highest BCUT2D eigenvalue weighted by atomic mass is 19.1. The Morgan fingerprint density at radius 1 is 1.56 bits per heavy atom. The van der Waals surface area contributed by atoms with Crippen molar-refractivity contribution in [1.29, 1.82) is 0 Å². The van der Waals surface area contributed by atoms with Crippen LogP contribution in [0.25, 0.3) is 0 Å². The zero-order valence-corrected chi connectivity index (χ0v) is 9.51. The van der Waals surface area contributed by atoms with Crippen molar-refractivity contribution >= 4 is 17.3 Å². The highest BCUT2D eigenvalue weighted by Crippen LogP contribution is 2.33. The summed E-state index contributed by atoms with van der Waals surface area (Å²) in [6, 6.07) is 3.93. The maximum absolute atomic E-state index is 13.5. The van der Waals surface area contributed by atoms with Gasteiger partial charge in [-0.05, 0) is 18.6 Å². The fourth-order valence-electron chi connectivity index (χ4n) is 2.15. The van der Waals surface area contributed by atoms with Crippen molar-refractivity contribution in [2.75, 3.05) is 18.0 Å². The largest absolute Gasteiger partial charge is 0.369 e. The number of nitro groups is 1. The molecular weight excluding hydrogens is 241 g/mol. The second kappa shape index (κ2) is 4.59. The predicted molar refractivity (Wildman–Crippen MR) is 62.6 cm³/mol. The first kappa shape index (κ1) is 12.3. The summed E-state index contributed by atoms with van der Waals surface area (Å²) in [6.07, 6.45) is 0.531. The van der Waals surface area contributed by atoms with E-state index in [0.717, 1.165) is 6.07 Å². The van der Waals surface area contributed by atoms with Gasteiger partial charge in [0.15, 0.2) is 0 Å². The summed E-state index contributed by atoms with van der Waals surface area (Å²) in [4.78, 5) is 22.8. The van der Waals surface area contributed by atoms with E-state index in [1.165, 1.54) is 12.1 Å². The Bertz CT molecular complexity index is 506. The number of carbonyl (C=O) groups excluding carboxylic acids is 1. The van der Waals surface area contributed by atoms with Gasteiger partial charge in [-0.15, -0.1) is 0 Å². The average molecular weight is 253 g/mol. The molecule has 0 saturated carbocycles. The third-order valence-electron chi connectivity index (χ3n) is 3.08. The minimum Gasteiger partial charge on any atom is -0.369 e. The van der Waals surface area contributed by atoms with Gasteiger partial charge in [0.2, 0.25) is 11.7 Å². The van der Waals surface area contributed by atoms with Gasteiger partial charge >= 0.3 is 5.69 Å². The van der Waals surface area contributed by atoms with Crippen molar-refractivity contribution in [3.63, 3.8) is 0 Å². The van der Waals surface area contributed by atoms with Crippen LogP contribution in [0.4, 0.5) is 15.8 Å². The van der Waals surface area contributed by atoms with Gasteiger partial charge in [0.05, 0.1) is 10.8 Å². The van der Waals surface area contributed by atoms with Crippen LogP contribution in [0.3, 0.4) is 0 Å². The fourth-order valence-corrected chi connectivity index (χ4v) is 2.15. The Morgan fingerprint density at radius 3 is 2.83 bits per heavy atom. The number of nitro benzene ring substituents is 1. The van der Waals surface area contributed by atoms with Crippen LogP contribution in [0.1, 0.15) is 6.42 Å². The van der Waals surface area contributed by atoms with Crippen LogP contribution in [0.15, 0.2) is 18.2 Å². The fraction of sp³-hybridized carbons (Fsp3) is 0.364. The molecule has 0 radical (unpaired) electrons. The molecule has 0 aliphatic carbocycles. The lowest BCUT2D eigenvalue weighted by atomic mass is 10.1. The third kappa shape index (κ3) is 2.11. The second-order valence-electron chi connectivity index (χ2n) is 4.20. The average Bonchev–Trinajstić information content (AvgIpc) is 2.77.